The molecular formula is C16H15F2N3O2. The van der Waals surface area contributed by atoms with Crippen LogP contribution in [0.1, 0.15) is 25.7 Å². The van der Waals surface area contributed by atoms with Crippen molar-refractivity contribution in [3.05, 3.63) is 48.8 Å². The minimum Gasteiger partial charge on any atom is -0.448 e. The third kappa shape index (κ3) is 3.23. The molecule has 0 atom stereocenters. The molecule has 0 saturated heterocycles. The average Bonchev–Trinajstić information content (AvgIpc) is 3.16. The summed E-state index contributed by atoms with van der Waals surface area (Å²) in [5, 5.41) is 0. The van der Waals surface area contributed by atoms with Crippen LogP contribution in [0, 0.1) is 0 Å². The van der Waals surface area contributed by atoms with Gasteiger partial charge in [0, 0.05) is 24.0 Å². The fourth-order valence-corrected chi connectivity index (χ4v) is 2.14. The summed E-state index contributed by atoms with van der Waals surface area (Å²) in [7, 11) is 0. The van der Waals surface area contributed by atoms with Gasteiger partial charge in [0.05, 0.1) is 0 Å². The van der Waals surface area contributed by atoms with Gasteiger partial charge in [-0.3, -0.25) is 4.57 Å². The number of hydrogen-bond donors (Lipinski definition) is 0. The molecule has 2 aromatic heterocycles. The summed E-state index contributed by atoms with van der Waals surface area (Å²) < 4.78 is 36.0. The van der Waals surface area contributed by atoms with Crippen LogP contribution >= 0.6 is 0 Å². The molecule has 3 rings (SSSR count). The summed E-state index contributed by atoms with van der Waals surface area (Å²) in [6, 6.07) is 6.31. The minimum atomic E-state index is -2.84. The Morgan fingerprint density at radius 1 is 1.17 bits per heavy atom. The second-order valence-electron chi connectivity index (χ2n) is 5.22. The number of rotatable bonds is 5. The Labute approximate surface area is 131 Å². The standard InChI is InChI=1S/C16H15F2N3O2/c1-10(2)15-20-13(9-22-15)14-19-7-8-21(14)11-3-5-12(6-4-11)23-16(17)18/h3-10,16H,1-2H3. The van der Waals surface area contributed by atoms with Crippen molar-refractivity contribution >= 4 is 0 Å². The maximum atomic E-state index is 12.2. The van der Waals surface area contributed by atoms with Gasteiger partial charge in [-0.2, -0.15) is 8.78 Å². The first-order valence-electron chi connectivity index (χ1n) is 7.09. The zero-order chi connectivity index (χ0) is 16.4. The van der Waals surface area contributed by atoms with E-state index in [1.54, 1.807) is 35.4 Å². The number of ether oxygens (including phenoxy) is 1. The number of nitrogens with zero attached hydrogens (tertiary/aromatic N) is 3. The highest BCUT2D eigenvalue weighted by Gasteiger charge is 2.14. The van der Waals surface area contributed by atoms with Crippen LogP contribution in [0.5, 0.6) is 5.75 Å². The maximum absolute atomic E-state index is 12.2. The first kappa shape index (κ1) is 15.2. The number of aromatic nitrogens is 3. The van der Waals surface area contributed by atoms with Gasteiger partial charge in [-0.05, 0) is 24.3 Å². The first-order chi connectivity index (χ1) is 11.0. The molecule has 0 bridgehead atoms. The van der Waals surface area contributed by atoms with E-state index in [4.69, 9.17) is 4.42 Å². The van der Waals surface area contributed by atoms with Gasteiger partial charge in [0.2, 0.25) is 0 Å². The van der Waals surface area contributed by atoms with Crippen LogP contribution in [0.4, 0.5) is 8.78 Å². The number of alkyl halides is 2. The molecule has 3 aromatic rings. The molecule has 0 aliphatic carbocycles. The van der Waals surface area contributed by atoms with Gasteiger partial charge >= 0.3 is 6.61 Å². The third-order valence-corrected chi connectivity index (χ3v) is 3.23. The van der Waals surface area contributed by atoms with Gasteiger partial charge in [-0.25, -0.2) is 9.97 Å². The van der Waals surface area contributed by atoms with Gasteiger partial charge in [-0.15, -0.1) is 0 Å². The molecule has 0 unspecified atom stereocenters. The molecular weight excluding hydrogens is 304 g/mol. The highest BCUT2D eigenvalue weighted by molar-refractivity contribution is 5.53. The van der Waals surface area contributed by atoms with Crippen molar-refractivity contribution in [1.82, 2.24) is 14.5 Å². The Morgan fingerprint density at radius 2 is 1.91 bits per heavy atom. The lowest BCUT2D eigenvalue weighted by Gasteiger charge is -2.08. The van der Waals surface area contributed by atoms with Crippen LogP contribution in [0.3, 0.4) is 0 Å². The fraction of sp³-hybridized carbons (Fsp3) is 0.250. The summed E-state index contributed by atoms with van der Waals surface area (Å²) in [6.45, 7) is 1.14. The van der Waals surface area contributed by atoms with Crippen molar-refractivity contribution in [3.63, 3.8) is 0 Å². The molecule has 23 heavy (non-hydrogen) atoms. The largest absolute Gasteiger partial charge is 0.448 e. The van der Waals surface area contributed by atoms with Gasteiger partial charge in [0.15, 0.2) is 11.7 Å². The lowest BCUT2D eigenvalue weighted by molar-refractivity contribution is -0.0498. The Bertz CT molecular complexity index is 779. The smallest absolute Gasteiger partial charge is 0.387 e. The molecule has 120 valence electrons. The number of halogens is 2. The van der Waals surface area contributed by atoms with E-state index in [1.165, 1.54) is 12.1 Å². The molecule has 0 amide bonds. The van der Waals surface area contributed by atoms with Crippen molar-refractivity contribution in [3.8, 4) is 23.0 Å². The van der Waals surface area contributed by atoms with Crippen LogP contribution in [0.25, 0.3) is 17.2 Å². The quantitative estimate of drug-likeness (QED) is 0.705. The first-order valence-corrected chi connectivity index (χ1v) is 7.09. The minimum absolute atomic E-state index is 0.106. The molecule has 0 fully saturated rings. The van der Waals surface area contributed by atoms with Gasteiger partial charge in [-0.1, -0.05) is 13.8 Å². The van der Waals surface area contributed by atoms with E-state index < -0.39 is 6.61 Å². The molecule has 0 aliphatic rings. The summed E-state index contributed by atoms with van der Waals surface area (Å²) in [5.74, 6) is 1.53. The molecule has 1 aromatic carbocycles. The van der Waals surface area contributed by atoms with E-state index in [9.17, 15) is 8.78 Å². The molecule has 0 N–H and O–H groups in total. The Kier molecular flexibility index (Phi) is 4.10. The SMILES string of the molecule is CC(C)c1nc(-c2nccn2-c2ccc(OC(F)F)cc2)co1. The van der Waals surface area contributed by atoms with E-state index in [-0.39, 0.29) is 11.7 Å². The van der Waals surface area contributed by atoms with Crippen LogP contribution in [-0.4, -0.2) is 21.1 Å². The number of benzene rings is 1. The molecule has 0 spiro atoms. The molecule has 0 saturated carbocycles. The zero-order valence-electron chi connectivity index (χ0n) is 12.6. The molecule has 7 heteroatoms. The lowest BCUT2D eigenvalue weighted by atomic mass is 10.2. The van der Waals surface area contributed by atoms with Gasteiger partial charge < -0.3 is 9.15 Å². The Morgan fingerprint density at radius 3 is 2.52 bits per heavy atom. The van der Waals surface area contributed by atoms with Crippen LogP contribution in [-0.2, 0) is 0 Å². The van der Waals surface area contributed by atoms with E-state index in [0.717, 1.165) is 5.69 Å². The van der Waals surface area contributed by atoms with Crippen LogP contribution in [0.15, 0.2) is 47.3 Å². The number of oxazole rings is 1. The zero-order valence-corrected chi connectivity index (χ0v) is 12.6. The summed E-state index contributed by atoms with van der Waals surface area (Å²) in [6.07, 6.45) is 4.97. The molecule has 5 nitrogen and oxygen atoms in total. The summed E-state index contributed by atoms with van der Waals surface area (Å²) in [5.41, 5.74) is 1.37. The monoisotopic (exact) mass is 319 g/mol. The van der Waals surface area contributed by atoms with E-state index in [2.05, 4.69) is 14.7 Å². The average molecular weight is 319 g/mol. The Hall–Kier alpha value is -2.70. The van der Waals surface area contributed by atoms with Crippen LogP contribution < -0.4 is 4.74 Å². The van der Waals surface area contributed by atoms with E-state index >= 15 is 0 Å². The third-order valence-electron chi connectivity index (χ3n) is 3.23. The molecule has 0 aliphatic heterocycles. The van der Waals surface area contributed by atoms with Crippen LogP contribution in [0.2, 0.25) is 0 Å². The highest BCUT2D eigenvalue weighted by atomic mass is 19.3. The van der Waals surface area contributed by atoms with Crippen molar-refractivity contribution in [2.75, 3.05) is 0 Å². The summed E-state index contributed by atoms with van der Waals surface area (Å²) in [4.78, 5) is 8.72. The topological polar surface area (TPSA) is 53.1 Å². The van der Waals surface area contributed by atoms with Crippen molar-refractivity contribution in [2.45, 2.75) is 26.4 Å². The van der Waals surface area contributed by atoms with Crippen molar-refractivity contribution in [1.29, 1.82) is 0 Å². The van der Waals surface area contributed by atoms with Gasteiger partial charge in [0.25, 0.3) is 0 Å². The van der Waals surface area contributed by atoms with E-state index in [1.807, 2.05) is 13.8 Å². The van der Waals surface area contributed by atoms with Crippen molar-refractivity contribution < 1.29 is 17.9 Å². The second kappa shape index (κ2) is 6.20. The second-order valence-corrected chi connectivity index (χ2v) is 5.22. The predicted octanol–water partition coefficient (Wildman–Crippen LogP) is 4.25. The highest BCUT2D eigenvalue weighted by Crippen LogP contribution is 2.24. The summed E-state index contributed by atoms with van der Waals surface area (Å²) >= 11 is 0. The van der Waals surface area contributed by atoms with E-state index in [0.29, 0.717) is 17.4 Å². The molecule has 2 heterocycles. The maximum Gasteiger partial charge on any atom is 0.387 e. The van der Waals surface area contributed by atoms with Crippen molar-refractivity contribution in [2.24, 2.45) is 0 Å². The number of imidazole rings is 1. The number of hydrogen-bond acceptors (Lipinski definition) is 4. The fourth-order valence-electron chi connectivity index (χ4n) is 2.14. The normalized spacial score (nSPS) is 11.4. The lowest BCUT2D eigenvalue weighted by Crippen LogP contribution is -2.02. The predicted molar refractivity (Wildman–Crippen MR) is 79.8 cm³/mol. The van der Waals surface area contributed by atoms with Gasteiger partial charge in [0.1, 0.15) is 17.7 Å². The molecule has 0 radical (unpaired) electrons. The Balaban J connectivity index is 1.91.